The van der Waals surface area contributed by atoms with Crippen LogP contribution in [-0.2, 0) is 9.47 Å². The van der Waals surface area contributed by atoms with Gasteiger partial charge in [0.1, 0.15) is 0 Å². The van der Waals surface area contributed by atoms with E-state index in [9.17, 15) is 0 Å². The number of thiophene rings is 1. The van der Waals surface area contributed by atoms with Gasteiger partial charge in [0, 0.05) is 61.6 Å². The van der Waals surface area contributed by atoms with Crippen LogP contribution in [0.5, 0.6) is 0 Å². The Balaban J connectivity index is 0.00000320. The van der Waals surface area contributed by atoms with Crippen molar-refractivity contribution >= 4 is 41.3 Å². The van der Waals surface area contributed by atoms with Gasteiger partial charge in [-0.05, 0) is 32.9 Å². The topological polar surface area (TPSA) is 61.4 Å². The molecule has 1 aromatic heterocycles. The molecule has 3 rings (SSSR count). The van der Waals surface area contributed by atoms with Crippen molar-refractivity contribution in [3.8, 4) is 0 Å². The fourth-order valence-corrected chi connectivity index (χ4v) is 4.94. The molecule has 0 radical (unpaired) electrons. The third-order valence-electron chi connectivity index (χ3n) is 5.82. The van der Waals surface area contributed by atoms with E-state index in [0.29, 0.717) is 6.04 Å². The lowest BCUT2D eigenvalue weighted by Gasteiger charge is -2.41. The van der Waals surface area contributed by atoms with E-state index in [-0.39, 0.29) is 29.5 Å². The second-order valence-corrected chi connectivity index (χ2v) is 9.65. The molecule has 1 atom stereocenters. The fourth-order valence-electron chi connectivity index (χ4n) is 3.93. The first-order valence-electron chi connectivity index (χ1n) is 10.6. The standard InChI is InChI=1S/C21H37N5O2S.HI/c1-17-5-6-19(29-17)18(25-7-11-27-12-8-25)15-23-20(22-4)24-16-21(2,3)26-9-13-28-14-10-26;/h5-6,18H,7-16H2,1-4H3,(H2,22,23,24);1H. The summed E-state index contributed by atoms with van der Waals surface area (Å²) in [4.78, 5) is 12.2. The third-order valence-corrected chi connectivity index (χ3v) is 6.92. The number of nitrogens with zero attached hydrogens (tertiary/aromatic N) is 3. The molecule has 2 aliphatic rings. The van der Waals surface area contributed by atoms with Gasteiger partial charge < -0.3 is 20.1 Å². The molecule has 3 heterocycles. The lowest BCUT2D eigenvalue weighted by molar-refractivity contribution is -0.00836. The predicted octanol–water partition coefficient (Wildman–Crippen LogP) is 2.32. The van der Waals surface area contributed by atoms with E-state index in [1.54, 1.807) is 0 Å². The Morgan fingerprint density at radius 1 is 1.10 bits per heavy atom. The van der Waals surface area contributed by atoms with Crippen LogP contribution in [0.15, 0.2) is 17.1 Å². The number of hydrogen-bond donors (Lipinski definition) is 2. The summed E-state index contributed by atoms with van der Waals surface area (Å²) in [6.07, 6.45) is 0. The SMILES string of the molecule is CN=C(NCC(c1ccc(C)s1)N1CCOCC1)NCC(C)(C)N1CCOCC1.I. The maximum Gasteiger partial charge on any atom is 0.191 e. The smallest absolute Gasteiger partial charge is 0.191 e. The molecule has 7 nitrogen and oxygen atoms in total. The van der Waals surface area contributed by atoms with Gasteiger partial charge in [-0.25, -0.2) is 0 Å². The van der Waals surface area contributed by atoms with E-state index in [1.165, 1.54) is 9.75 Å². The second kappa shape index (κ2) is 12.5. The number of morpholine rings is 2. The summed E-state index contributed by atoms with van der Waals surface area (Å²) in [5.41, 5.74) is 0.0515. The van der Waals surface area contributed by atoms with Gasteiger partial charge in [0.25, 0.3) is 0 Å². The quantitative estimate of drug-likeness (QED) is 0.308. The van der Waals surface area contributed by atoms with Crippen LogP contribution in [-0.4, -0.2) is 94.0 Å². The summed E-state index contributed by atoms with van der Waals surface area (Å²) >= 11 is 1.88. The minimum absolute atomic E-state index is 0. The van der Waals surface area contributed by atoms with Crippen molar-refractivity contribution in [2.45, 2.75) is 32.4 Å². The van der Waals surface area contributed by atoms with Crippen molar-refractivity contribution in [3.05, 3.63) is 21.9 Å². The first kappa shape index (κ1) is 25.8. The maximum atomic E-state index is 5.56. The van der Waals surface area contributed by atoms with Gasteiger partial charge in [-0.3, -0.25) is 14.8 Å². The predicted molar refractivity (Wildman–Crippen MR) is 135 cm³/mol. The molecule has 0 amide bonds. The van der Waals surface area contributed by atoms with Crippen LogP contribution in [0.3, 0.4) is 0 Å². The Morgan fingerprint density at radius 2 is 1.73 bits per heavy atom. The molecule has 0 spiro atoms. The molecule has 1 aromatic rings. The highest BCUT2D eigenvalue weighted by Crippen LogP contribution is 2.27. The molecule has 2 fully saturated rings. The van der Waals surface area contributed by atoms with Crippen molar-refractivity contribution in [2.75, 3.05) is 72.7 Å². The van der Waals surface area contributed by atoms with E-state index >= 15 is 0 Å². The van der Waals surface area contributed by atoms with E-state index in [0.717, 1.165) is 71.7 Å². The molecule has 0 aliphatic carbocycles. The van der Waals surface area contributed by atoms with E-state index < -0.39 is 0 Å². The number of halogens is 1. The monoisotopic (exact) mass is 551 g/mol. The van der Waals surface area contributed by atoms with E-state index in [4.69, 9.17) is 9.47 Å². The molecular formula is C21H38IN5O2S. The highest BCUT2D eigenvalue weighted by molar-refractivity contribution is 14.0. The van der Waals surface area contributed by atoms with Crippen molar-refractivity contribution < 1.29 is 9.47 Å². The number of aliphatic imine (C=N–C) groups is 1. The largest absolute Gasteiger partial charge is 0.379 e. The molecule has 0 bridgehead atoms. The molecule has 30 heavy (non-hydrogen) atoms. The van der Waals surface area contributed by atoms with Crippen LogP contribution in [0.2, 0.25) is 0 Å². The Hall–Kier alpha value is -0.460. The van der Waals surface area contributed by atoms with Crippen LogP contribution in [0.25, 0.3) is 0 Å². The molecule has 0 saturated carbocycles. The van der Waals surface area contributed by atoms with Crippen molar-refractivity contribution in [1.82, 2.24) is 20.4 Å². The number of ether oxygens (including phenoxy) is 2. The molecule has 0 aromatic carbocycles. The van der Waals surface area contributed by atoms with Crippen molar-refractivity contribution in [3.63, 3.8) is 0 Å². The van der Waals surface area contributed by atoms with Gasteiger partial charge >= 0.3 is 0 Å². The van der Waals surface area contributed by atoms with E-state index in [1.807, 2.05) is 18.4 Å². The van der Waals surface area contributed by atoms with Crippen LogP contribution >= 0.6 is 35.3 Å². The number of nitrogens with one attached hydrogen (secondary N) is 2. The Labute approximate surface area is 202 Å². The zero-order valence-electron chi connectivity index (χ0n) is 18.8. The fraction of sp³-hybridized carbons (Fsp3) is 0.762. The van der Waals surface area contributed by atoms with Gasteiger partial charge in [-0.2, -0.15) is 0 Å². The minimum atomic E-state index is 0. The summed E-state index contributed by atoms with van der Waals surface area (Å²) < 4.78 is 11.1. The average molecular weight is 552 g/mol. The van der Waals surface area contributed by atoms with Crippen LogP contribution in [0, 0.1) is 6.92 Å². The lowest BCUT2D eigenvalue weighted by atomic mass is 10.0. The molecule has 2 N–H and O–H groups in total. The second-order valence-electron chi connectivity index (χ2n) is 8.33. The molecule has 9 heteroatoms. The highest BCUT2D eigenvalue weighted by atomic mass is 127. The van der Waals surface area contributed by atoms with Crippen molar-refractivity contribution in [2.24, 2.45) is 4.99 Å². The van der Waals surface area contributed by atoms with Crippen LogP contribution < -0.4 is 10.6 Å². The lowest BCUT2D eigenvalue weighted by Crippen LogP contribution is -2.56. The Morgan fingerprint density at radius 3 is 2.30 bits per heavy atom. The van der Waals surface area contributed by atoms with E-state index in [2.05, 4.69) is 58.3 Å². The summed E-state index contributed by atoms with van der Waals surface area (Å²) in [6.45, 7) is 15.6. The van der Waals surface area contributed by atoms with Gasteiger partial charge in [-0.15, -0.1) is 35.3 Å². The first-order valence-corrected chi connectivity index (χ1v) is 11.5. The number of guanidine groups is 1. The number of aryl methyl sites for hydroxylation is 1. The summed E-state index contributed by atoms with van der Waals surface area (Å²) in [5.74, 6) is 0.859. The van der Waals surface area contributed by atoms with Gasteiger partial charge in [0.05, 0.1) is 32.5 Å². The minimum Gasteiger partial charge on any atom is -0.379 e. The molecule has 2 aliphatic heterocycles. The van der Waals surface area contributed by atoms with Gasteiger partial charge in [0.2, 0.25) is 0 Å². The van der Waals surface area contributed by atoms with Gasteiger partial charge in [-0.1, -0.05) is 0 Å². The molecule has 172 valence electrons. The Bertz CT molecular complexity index is 658. The molecular weight excluding hydrogens is 513 g/mol. The Kier molecular flexibility index (Phi) is 10.8. The zero-order valence-corrected chi connectivity index (χ0v) is 21.9. The van der Waals surface area contributed by atoms with Gasteiger partial charge in [0.15, 0.2) is 5.96 Å². The van der Waals surface area contributed by atoms with Crippen molar-refractivity contribution in [1.29, 1.82) is 0 Å². The maximum absolute atomic E-state index is 5.56. The summed E-state index contributed by atoms with van der Waals surface area (Å²) in [7, 11) is 1.84. The zero-order chi connectivity index (χ0) is 20.7. The number of hydrogen-bond acceptors (Lipinski definition) is 6. The third kappa shape index (κ3) is 7.30. The average Bonchev–Trinajstić information content (AvgIpc) is 3.18. The molecule has 1 unspecified atom stereocenters. The van der Waals surface area contributed by atoms with Crippen LogP contribution in [0.1, 0.15) is 29.6 Å². The summed E-state index contributed by atoms with van der Waals surface area (Å²) in [6, 6.07) is 4.81. The first-order chi connectivity index (χ1) is 14.0. The summed E-state index contributed by atoms with van der Waals surface area (Å²) in [5, 5.41) is 7.11. The highest BCUT2D eigenvalue weighted by Gasteiger charge is 2.29. The molecule has 2 saturated heterocycles. The van der Waals surface area contributed by atoms with Crippen LogP contribution in [0.4, 0.5) is 0 Å². The number of rotatable bonds is 7. The normalized spacial score (nSPS) is 20.5.